The molecule has 4 heteroatoms. The fraction of sp³-hybridized carbons (Fsp3) is 0.400. The zero-order valence-corrected chi connectivity index (χ0v) is 10.9. The summed E-state index contributed by atoms with van der Waals surface area (Å²) in [4.78, 5) is 11.6. The molecule has 1 aromatic rings. The van der Waals surface area contributed by atoms with Crippen LogP contribution in [-0.4, -0.2) is 6.03 Å². The summed E-state index contributed by atoms with van der Waals surface area (Å²) in [5.74, 6) is -0.288. The molecule has 102 valence electrons. The molecular formula is C15H19FN2O. The SMILES string of the molecule is O=C(NC=C1CCCCC1)NCc1cccc(F)c1. The highest BCUT2D eigenvalue weighted by Crippen LogP contribution is 2.21. The molecule has 1 saturated carbocycles. The first-order valence-electron chi connectivity index (χ1n) is 6.71. The van der Waals surface area contributed by atoms with Gasteiger partial charge in [0.15, 0.2) is 0 Å². The standard InChI is InChI=1S/C15H19FN2O/c16-14-8-4-7-13(9-14)11-18-15(19)17-10-12-5-2-1-3-6-12/h4,7-10H,1-3,5-6,11H2,(H2,17,18,19). The van der Waals surface area contributed by atoms with Gasteiger partial charge in [0.05, 0.1) is 0 Å². The van der Waals surface area contributed by atoms with Crippen LogP contribution in [0.5, 0.6) is 0 Å². The second-order valence-corrected chi connectivity index (χ2v) is 4.82. The molecule has 1 aromatic carbocycles. The van der Waals surface area contributed by atoms with Crippen molar-refractivity contribution in [1.82, 2.24) is 10.6 Å². The Morgan fingerprint density at radius 1 is 1.26 bits per heavy atom. The van der Waals surface area contributed by atoms with Crippen molar-refractivity contribution >= 4 is 6.03 Å². The third-order valence-corrected chi connectivity index (χ3v) is 3.25. The molecule has 0 spiro atoms. The van der Waals surface area contributed by atoms with Crippen molar-refractivity contribution in [2.45, 2.75) is 38.6 Å². The Bertz CT molecular complexity index is 463. The van der Waals surface area contributed by atoms with Crippen LogP contribution < -0.4 is 10.6 Å². The van der Waals surface area contributed by atoms with Crippen molar-refractivity contribution in [3.63, 3.8) is 0 Å². The van der Waals surface area contributed by atoms with Gasteiger partial charge in [0.25, 0.3) is 0 Å². The van der Waals surface area contributed by atoms with Gasteiger partial charge in [0.2, 0.25) is 0 Å². The Morgan fingerprint density at radius 2 is 2.05 bits per heavy atom. The molecule has 1 fully saturated rings. The minimum Gasteiger partial charge on any atom is -0.334 e. The Kier molecular flexibility index (Phi) is 4.95. The van der Waals surface area contributed by atoms with Crippen LogP contribution in [0.15, 0.2) is 36.0 Å². The van der Waals surface area contributed by atoms with E-state index < -0.39 is 0 Å². The zero-order valence-electron chi connectivity index (χ0n) is 10.9. The monoisotopic (exact) mass is 262 g/mol. The lowest BCUT2D eigenvalue weighted by atomic mass is 9.96. The predicted molar refractivity (Wildman–Crippen MR) is 72.9 cm³/mol. The summed E-state index contributed by atoms with van der Waals surface area (Å²) in [5, 5.41) is 5.44. The first kappa shape index (κ1) is 13.6. The molecule has 1 aliphatic rings. The van der Waals surface area contributed by atoms with E-state index in [-0.39, 0.29) is 11.8 Å². The molecular weight excluding hydrogens is 243 g/mol. The lowest BCUT2D eigenvalue weighted by molar-refractivity contribution is 0.243. The number of carbonyl (C=O) groups is 1. The molecule has 0 aliphatic heterocycles. The molecule has 0 saturated heterocycles. The summed E-state index contributed by atoms with van der Waals surface area (Å²) in [6, 6.07) is 5.97. The molecule has 0 heterocycles. The van der Waals surface area contributed by atoms with Crippen molar-refractivity contribution in [1.29, 1.82) is 0 Å². The first-order valence-corrected chi connectivity index (χ1v) is 6.71. The Balaban J connectivity index is 1.75. The van der Waals surface area contributed by atoms with Gasteiger partial charge in [-0.2, -0.15) is 0 Å². The smallest absolute Gasteiger partial charge is 0.319 e. The van der Waals surface area contributed by atoms with Crippen LogP contribution in [-0.2, 0) is 6.54 Å². The minimum atomic E-state index is -0.288. The highest BCUT2D eigenvalue weighted by molar-refractivity contribution is 5.74. The molecule has 2 N–H and O–H groups in total. The van der Waals surface area contributed by atoms with E-state index in [4.69, 9.17) is 0 Å². The van der Waals surface area contributed by atoms with Crippen molar-refractivity contribution in [3.05, 3.63) is 47.4 Å². The molecule has 0 radical (unpaired) electrons. The molecule has 0 bridgehead atoms. The molecule has 1 aliphatic carbocycles. The highest BCUT2D eigenvalue weighted by atomic mass is 19.1. The molecule has 0 unspecified atom stereocenters. The number of hydrogen-bond acceptors (Lipinski definition) is 1. The number of carbonyl (C=O) groups excluding carboxylic acids is 1. The minimum absolute atomic E-state index is 0.248. The third-order valence-electron chi connectivity index (χ3n) is 3.25. The molecule has 0 atom stereocenters. The van der Waals surface area contributed by atoms with Crippen LogP contribution in [0.3, 0.4) is 0 Å². The number of rotatable bonds is 3. The van der Waals surface area contributed by atoms with Crippen molar-refractivity contribution < 1.29 is 9.18 Å². The average molecular weight is 262 g/mol. The van der Waals surface area contributed by atoms with Gasteiger partial charge in [-0.25, -0.2) is 9.18 Å². The van der Waals surface area contributed by atoms with Crippen LogP contribution in [0.4, 0.5) is 9.18 Å². The summed E-state index contributed by atoms with van der Waals surface area (Å²) in [7, 11) is 0. The Morgan fingerprint density at radius 3 is 2.79 bits per heavy atom. The molecule has 2 rings (SSSR count). The van der Waals surface area contributed by atoms with E-state index in [1.54, 1.807) is 18.3 Å². The van der Waals surface area contributed by atoms with Crippen LogP contribution in [0.25, 0.3) is 0 Å². The maximum atomic E-state index is 12.9. The van der Waals surface area contributed by atoms with Gasteiger partial charge in [-0.15, -0.1) is 0 Å². The van der Waals surface area contributed by atoms with Crippen molar-refractivity contribution in [2.24, 2.45) is 0 Å². The molecule has 2 amide bonds. The van der Waals surface area contributed by atoms with Crippen molar-refractivity contribution in [3.8, 4) is 0 Å². The third kappa shape index (κ3) is 4.73. The average Bonchev–Trinajstić information content (AvgIpc) is 2.44. The number of urea groups is 1. The normalized spacial score (nSPS) is 14.9. The van der Waals surface area contributed by atoms with E-state index in [1.807, 2.05) is 0 Å². The second kappa shape index (κ2) is 6.92. The topological polar surface area (TPSA) is 41.1 Å². The maximum absolute atomic E-state index is 12.9. The van der Waals surface area contributed by atoms with Crippen LogP contribution in [0.1, 0.15) is 37.7 Å². The highest BCUT2D eigenvalue weighted by Gasteiger charge is 2.05. The molecule has 0 aromatic heterocycles. The Labute approximate surface area is 112 Å². The van der Waals surface area contributed by atoms with Gasteiger partial charge in [0.1, 0.15) is 5.82 Å². The molecule has 19 heavy (non-hydrogen) atoms. The van der Waals surface area contributed by atoms with Gasteiger partial charge in [-0.1, -0.05) is 24.1 Å². The lowest BCUT2D eigenvalue weighted by Crippen LogP contribution is -2.32. The number of amides is 2. The van der Waals surface area contributed by atoms with E-state index in [0.717, 1.165) is 18.4 Å². The van der Waals surface area contributed by atoms with Crippen LogP contribution in [0, 0.1) is 5.82 Å². The number of benzene rings is 1. The van der Waals surface area contributed by atoms with Crippen LogP contribution in [0.2, 0.25) is 0 Å². The summed E-state index contributed by atoms with van der Waals surface area (Å²) in [6.07, 6.45) is 7.65. The summed E-state index contributed by atoms with van der Waals surface area (Å²) in [5.41, 5.74) is 2.05. The van der Waals surface area contributed by atoms with Gasteiger partial charge in [-0.3, -0.25) is 0 Å². The second-order valence-electron chi connectivity index (χ2n) is 4.82. The number of halogens is 1. The summed E-state index contributed by atoms with van der Waals surface area (Å²) in [6.45, 7) is 0.326. The first-order chi connectivity index (χ1) is 9.24. The van der Waals surface area contributed by atoms with E-state index >= 15 is 0 Å². The van der Waals surface area contributed by atoms with Gasteiger partial charge in [0, 0.05) is 12.7 Å². The van der Waals surface area contributed by atoms with Crippen molar-refractivity contribution in [2.75, 3.05) is 0 Å². The molecule has 3 nitrogen and oxygen atoms in total. The van der Waals surface area contributed by atoms with Gasteiger partial charge in [-0.05, 0) is 43.4 Å². The predicted octanol–water partition coefficient (Wildman–Crippen LogP) is 3.47. The largest absolute Gasteiger partial charge is 0.334 e. The van der Waals surface area contributed by atoms with Gasteiger partial charge >= 0.3 is 6.03 Å². The zero-order chi connectivity index (χ0) is 13.5. The van der Waals surface area contributed by atoms with E-state index in [2.05, 4.69) is 10.6 Å². The summed E-state index contributed by atoms with van der Waals surface area (Å²) >= 11 is 0. The van der Waals surface area contributed by atoms with Crippen LogP contribution >= 0.6 is 0 Å². The fourth-order valence-electron chi connectivity index (χ4n) is 2.20. The fourth-order valence-corrected chi connectivity index (χ4v) is 2.20. The maximum Gasteiger partial charge on any atom is 0.319 e. The quantitative estimate of drug-likeness (QED) is 0.860. The van der Waals surface area contributed by atoms with E-state index in [1.165, 1.54) is 37.0 Å². The Hall–Kier alpha value is -1.84. The van der Waals surface area contributed by atoms with E-state index in [9.17, 15) is 9.18 Å². The number of allylic oxidation sites excluding steroid dienone is 1. The summed E-state index contributed by atoms with van der Waals surface area (Å²) < 4.78 is 12.9. The van der Waals surface area contributed by atoms with Gasteiger partial charge < -0.3 is 10.6 Å². The number of hydrogen-bond donors (Lipinski definition) is 2. The van der Waals surface area contributed by atoms with E-state index in [0.29, 0.717) is 6.54 Å². The number of nitrogens with one attached hydrogen (secondary N) is 2. The lowest BCUT2D eigenvalue weighted by Gasteiger charge is -2.13.